The second-order valence-electron chi connectivity index (χ2n) is 3.88. The van der Waals surface area contributed by atoms with Gasteiger partial charge in [-0.3, -0.25) is 4.72 Å². The maximum atomic E-state index is 13.4. The Bertz CT molecular complexity index is 629. The fourth-order valence-electron chi connectivity index (χ4n) is 1.17. The van der Waals surface area contributed by atoms with Crippen LogP contribution in [0.5, 0.6) is 0 Å². The summed E-state index contributed by atoms with van der Waals surface area (Å²) in [4.78, 5) is -0.384. The topological polar surface area (TPSA) is 72.2 Å². The minimum absolute atomic E-state index is 0.360. The number of halogens is 4. The lowest BCUT2D eigenvalue weighted by molar-refractivity contribution is -0.137. The van der Waals surface area contributed by atoms with Gasteiger partial charge in [0.05, 0.1) is 16.2 Å². The van der Waals surface area contributed by atoms with E-state index in [-0.39, 0.29) is 4.99 Å². The third kappa shape index (κ3) is 3.79. The number of rotatable bonds is 4. The number of hydrogen-bond acceptors (Lipinski definition) is 3. The van der Waals surface area contributed by atoms with Crippen LogP contribution < -0.4 is 10.5 Å². The van der Waals surface area contributed by atoms with Crippen molar-refractivity contribution in [2.45, 2.75) is 18.3 Å². The van der Waals surface area contributed by atoms with E-state index in [4.69, 9.17) is 5.73 Å². The predicted molar refractivity (Wildman–Crippen MR) is 70.2 cm³/mol. The molecule has 0 aliphatic carbocycles. The zero-order valence-electron chi connectivity index (χ0n) is 10.0. The molecule has 3 N–H and O–H groups in total. The second-order valence-corrected chi connectivity index (χ2v) is 6.36. The first kappa shape index (κ1) is 16.6. The van der Waals surface area contributed by atoms with Gasteiger partial charge in [0.15, 0.2) is 0 Å². The molecule has 0 fully saturated rings. The molecule has 20 heavy (non-hydrogen) atoms. The zero-order valence-corrected chi connectivity index (χ0v) is 11.7. The van der Waals surface area contributed by atoms with Gasteiger partial charge in [0, 0.05) is 0 Å². The number of sulfonamides is 1. The zero-order chi connectivity index (χ0) is 15.7. The molecule has 0 heterocycles. The molecule has 0 aliphatic rings. The van der Waals surface area contributed by atoms with Crippen LogP contribution in [0.3, 0.4) is 0 Å². The molecule has 10 heteroatoms. The Morgan fingerprint density at radius 3 is 2.40 bits per heavy atom. The van der Waals surface area contributed by atoms with Crippen molar-refractivity contribution in [3.05, 3.63) is 29.6 Å². The van der Waals surface area contributed by atoms with Crippen molar-refractivity contribution in [2.75, 3.05) is 4.72 Å². The van der Waals surface area contributed by atoms with E-state index in [1.54, 1.807) is 4.72 Å². The van der Waals surface area contributed by atoms with E-state index in [0.29, 0.717) is 18.2 Å². The van der Waals surface area contributed by atoms with E-state index in [1.807, 2.05) is 0 Å². The first-order valence-electron chi connectivity index (χ1n) is 5.13. The molecular formula is C10H10F4N2O2S2. The smallest absolute Gasteiger partial charge is 0.392 e. The summed E-state index contributed by atoms with van der Waals surface area (Å²) in [7, 11) is -4.22. The molecule has 112 valence electrons. The summed E-state index contributed by atoms with van der Waals surface area (Å²) in [6, 6.07) is 1.38. The molecule has 1 aromatic carbocycles. The Morgan fingerprint density at radius 2 is 1.95 bits per heavy atom. The summed E-state index contributed by atoms with van der Waals surface area (Å²) < 4.78 is 76.0. The maximum absolute atomic E-state index is 13.4. The molecule has 1 unspecified atom stereocenters. The summed E-state index contributed by atoms with van der Waals surface area (Å²) in [6.45, 7) is 1.14. The predicted octanol–water partition coefficient (Wildman–Crippen LogP) is 2.26. The van der Waals surface area contributed by atoms with Crippen LogP contribution in [-0.2, 0) is 16.2 Å². The summed E-state index contributed by atoms with van der Waals surface area (Å²) in [6.07, 6.45) is -4.72. The van der Waals surface area contributed by atoms with Gasteiger partial charge in [0.1, 0.15) is 11.1 Å². The number of hydrogen-bond donors (Lipinski definition) is 2. The SMILES string of the molecule is CC(C(N)=S)S(=O)(=O)Nc1cc(C(F)(F)F)ccc1F. The molecule has 1 atom stereocenters. The number of thiocarbonyl (C=S) groups is 1. The van der Waals surface area contributed by atoms with Crippen LogP contribution in [0.2, 0.25) is 0 Å². The Morgan fingerprint density at radius 1 is 1.40 bits per heavy atom. The molecule has 0 bridgehead atoms. The van der Waals surface area contributed by atoms with E-state index in [1.165, 1.54) is 0 Å². The summed E-state index contributed by atoms with van der Waals surface area (Å²) >= 11 is 4.49. The van der Waals surface area contributed by atoms with Crippen molar-refractivity contribution in [3.8, 4) is 0 Å². The first-order valence-corrected chi connectivity index (χ1v) is 7.08. The van der Waals surface area contributed by atoms with Gasteiger partial charge >= 0.3 is 6.18 Å². The average Bonchev–Trinajstić information content (AvgIpc) is 2.29. The third-order valence-electron chi connectivity index (χ3n) is 2.41. The van der Waals surface area contributed by atoms with E-state index < -0.39 is 38.5 Å². The highest BCUT2D eigenvalue weighted by atomic mass is 32.2. The van der Waals surface area contributed by atoms with Gasteiger partial charge in [-0.25, -0.2) is 12.8 Å². The average molecular weight is 330 g/mol. The van der Waals surface area contributed by atoms with E-state index in [0.717, 1.165) is 6.92 Å². The van der Waals surface area contributed by atoms with Crippen LogP contribution in [0, 0.1) is 5.82 Å². The summed E-state index contributed by atoms with van der Waals surface area (Å²) in [5.41, 5.74) is 3.15. The molecular weight excluding hydrogens is 320 g/mol. The molecule has 0 aliphatic heterocycles. The normalized spacial score (nSPS) is 13.8. The lowest BCUT2D eigenvalue weighted by atomic mass is 10.2. The van der Waals surface area contributed by atoms with Gasteiger partial charge in [-0.1, -0.05) is 12.2 Å². The van der Waals surface area contributed by atoms with Crippen LogP contribution in [0.4, 0.5) is 23.2 Å². The Kier molecular flexibility index (Phi) is 4.59. The molecule has 0 saturated carbocycles. The molecule has 0 aromatic heterocycles. The highest BCUT2D eigenvalue weighted by Crippen LogP contribution is 2.32. The molecule has 0 radical (unpaired) electrons. The fraction of sp³-hybridized carbons (Fsp3) is 0.300. The first-order chi connectivity index (χ1) is 8.95. The molecule has 0 saturated heterocycles. The van der Waals surface area contributed by atoms with E-state index in [2.05, 4.69) is 12.2 Å². The fourth-order valence-corrected chi connectivity index (χ4v) is 2.50. The second kappa shape index (κ2) is 5.52. The van der Waals surface area contributed by atoms with Gasteiger partial charge in [-0.05, 0) is 25.1 Å². The van der Waals surface area contributed by atoms with Crippen molar-refractivity contribution < 1.29 is 26.0 Å². The molecule has 4 nitrogen and oxygen atoms in total. The number of alkyl halides is 3. The minimum atomic E-state index is -4.72. The Balaban J connectivity index is 3.19. The monoisotopic (exact) mass is 330 g/mol. The molecule has 1 rings (SSSR count). The van der Waals surface area contributed by atoms with Gasteiger partial charge in [0.2, 0.25) is 10.0 Å². The lowest BCUT2D eigenvalue weighted by Crippen LogP contribution is -2.35. The van der Waals surface area contributed by atoms with Gasteiger partial charge < -0.3 is 5.73 Å². The van der Waals surface area contributed by atoms with Gasteiger partial charge in [0.25, 0.3) is 0 Å². The highest BCUT2D eigenvalue weighted by Gasteiger charge is 2.32. The Labute approximate surface area is 118 Å². The Hall–Kier alpha value is -1.42. The van der Waals surface area contributed by atoms with Gasteiger partial charge in [-0.15, -0.1) is 0 Å². The third-order valence-corrected chi connectivity index (χ3v) is 4.60. The minimum Gasteiger partial charge on any atom is -0.392 e. The molecule has 0 spiro atoms. The van der Waals surface area contributed by atoms with Crippen molar-refractivity contribution >= 4 is 32.9 Å². The van der Waals surface area contributed by atoms with Crippen molar-refractivity contribution in [2.24, 2.45) is 5.73 Å². The number of anilines is 1. The van der Waals surface area contributed by atoms with Crippen LogP contribution in [0.15, 0.2) is 18.2 Å². The van der Waals surface area contributed by atoms with Crippen LogP contribution in [0.1, 0.15) is 12.5 Å². The van der Waals surface area contributed by atoms with Crippen LogP contribution in [-0.4, -0.2) is 18.7 Å². The number of nitrogens with two attached hydrogens (primary N) is 1. The highest BCUT2D eigenvalue weighted by molar-refractivity contribution is 7.95. The van der Waals surface area contributed by atoms with Crippen molar-refractivity contribution in [1.82, 2.24) is 0 Å². The van der Waals surface area contributed by atoms with Crippen LogP contribution >= 0.6 is 12.2 Å². The maximum Gasteiger partial charge on any atom is 0.416 e. The summed E-state index contributed by atoms with van der Waals surface area (Å²) in [5, 5.41) is -1.36. The van der Waals surface area contributed by atoms with E-state index >= 15 is 0 Å². The quantitative estimate of drug-likeness (QED) is 0.656. The van der Waals surface area contributed by atoms with E-state index in [9.17, 15) is 26.0 Å². The molecule has 0 amide bonds. The standard InChI is InChI=1S/C10H10F4N2O2S2/c1-5(9(15)19)20(17,18)16-8-4-6(10(12,13)14)2-3-7(8)11/h2-5,16H,1H3,(H2,15,19). The summed E-state index contributed by atoms with van der Waals surface area (Å²) in [5.74, 6) is -1.14. The van der Waals surface area contributed by atoms with Crippen molar-refractivity contribution in [3.63, 3.8) is 0 Å². The molecule has 1 aromatic rings. The van der Waals surface area contributed by atoms with Crippen LogP contribution in [0.25, 0.3) is 0 Å². The lowest BCUT2D eigenvalue weighted by Gasteiger charge is -2.15. The van der Waals surface area contributed by atoms with Gasteiger partial charge in [-0.2, -0.15) is 13.2 Å². The number of benzene rings is 1. The number of nitrogens with one attached hydrogen (secondary N) is 1. The van der Waals surface area contributed by atoms with Crippen molar-refractivity contribution in [1.29, 1.82) is 0 Å². The largest absolute Gasteiger partial charge is 0.416 e.